The molecule has 0 saturated heterocycles. The van der Waals surface area contributed by atoms with Crippen LogP contribution in [-0.4, -0.2) is 6.54 Å². The van der Waals surface area contributed by atoms with Crippen LogP contribution in [0.3, 0.4) is 0 Å². The molecule has 0 fully saturated rings. The first-order chi connectivity index (χ1) is 9.61. The van der Waals surface area contributed by atoms with Crippen molar-refractivity contribution < 1.29 is 4.39 Å². The first-order valence-corrected chi connectivity index (χ1v) is 7.94. The molecule has 2 rings (SSSR count). The zero-order valence-corrected chi connectivity index (χ0v) is 13.9. The number of aryl methyl sites for hydroxylation is 1. The normalized spacial score (nSPS) is 12.4. The fraction of sp³-hybridized carbons (Fsp3) is 0.294. The van der Waals surface area contributed by atoms with Crippen molar-refractivity contribution in [2.75, 3.05) is 6.54 Å². The lowest BCUT2D eigenvalue weighted by atomic mass is 9.95. The summed E-state index contributed by atoms with van der Waals surface area (Å²) in [6.07, 6.45) is 1.05. The molecule has 0 aliphatic carbocycles. The average Bonchev–Trinajstić information content (AvgIpc) is 2.44. The first kappa shape index (κ1) is 15.4. The fourth-order valence-corrected chi connectivity index (χ4v) is 2.63. The number of benzene rings is 2. The predicted octanol–water partition coefficient (Wildman–Crippen LogP) is 4.83. The third-order valence-electron chi connectivity index (χ3n) is 3.35. The zero-order chi connectivity index (χ0) is 14.5. The lowest BCUT2D eigenvalue weighted by Crippen LogP contribution is -2.24. The molecule has 1 nitrogen and oxygen atoms in total. The molecule has 20 heavy (non-hydrogen) atoms. The number of hydrogen-bond acceptors (Lipinski definition) is 1. The largest absolute Gasteiger partial charge is 0.306 e. The van der Waals surface area contributed by atoms with Gasteiger partial charge in [-0.15, -0.1) is 0 Å². The van der Waals surface area contributed by atoms with Crippen LogP contribution in [0.5, 0.6) is 0 Å². The lowest BCUT2D eigenvalue weighted by Gasteiger charge is -2.21. The van der Waals surface area contributed by atoms with E-state index < -0.39 is 0 Å². The van der Waals surface area contributed by atoms with E-state index in [1.807, 2.05) is 13.0 Å². The zero-order valence-electron chi connectivity index (χ0n) is 11.8. The van der Waals surface area contributed by atoms with Crippen molar-refractivity contribution in [3.05, 3.63) is 68.5 Å². The van der Waals surface area contributed by atoms with E-state index in [1.165, 1.54) is 15.2 Å². The monoisotopic (exact) mass is 383 g/mol. The first-order valence-electron chi connectivity index (χ1n) is 6.86. The number of nitrogens with one attached hydrogen (secondary N) is 1. The molecule has 0 radical (unpaired) electrons. The van der Waals surface area contributed by atoms with Gasteiger partial charge >= 0.3 is 0 Å². The minimum absolute atomic E-state index is 0.0441. The Kier molecular flexibility index (Phi) is 5.54. The maximum absolute atomic E-state index is 13.6. The van der Waals surface area contributed by atoms with Gasteiger partial charge in [0.2, 0.25) is 0 Å². The molecule has 1 atom stereocenters. The highest BCUT2D eigenvalue weighted by atomic mass is 127. The van der Waals surface area contributed by atoms with E-state index in [4.69, 9.17) is 0 Å². The van der Waals surface area contributed by atoms with Gasteiger partial charge in [0, 0.05) is 3.57 Å². The smallest absolute Gasteiger partial charge is 0.123 e. The van der Waals surface area contributed by atoms with E-state index in [-0.39, 0.29) is 11.9 Å². The molecule has 0 saturated carbocycles. The molecule has 0 aliphatic rings. The third-order valence-corrected chi connectivity index (χ3v) is 4.07. The topological polar surface area (TPSA) is 12.0 Å². The highest BCUT2D eigenvalue weighted by Gasteiger charge is 2.16. The van der Waals surface area contributed by atoms with Crippen LogP contribution in [0.25, 0.3) is 0 Å². The van der Waals surface area contributed by atoms with Crippen LogP contribution in [0.4, 0.5) is 4.39 Å². The Labute approximate surface area is 133 Å². The molecule has 2 aromatic carbocycles. The van der Waals surface area contributed by atoms with Gasteiger partial charge < -0.3 is 5.32 Å². The Morgan fingerprint density at radius 1 is 1.15 bits per heavy atom. The van der Waals surface area contributed by atoms with Crippen molar-refractivity contribution in [3.8, 4) is 0 Å². The number of hydrogen-bond donors (Lipinski definition) is 1. The highest BCUT2D eigenvalue weighted by Crippen LogP contribution is 2.26. The summed E-state index contributed by atoms with van der Waals surface area (Å²) in [7, 11) is 0. The lowest BCUT2D eigenvalue weighted by molar-refractivity contribution is 0.583. The molecule has 0 amide bonds. The Balaban J connectivity index is 2.41. The van der Waals surface area contributed by atoms with E-state index in [0.29, 0.717) is 0 Å². The summed E-state index contributed by atoms with van der Waals surface area (Å²) in [6.45, 7) is 5.07. The molecule has 0 heterocycles. The second kappa shape index (κ2) is 7.18. The van der Waals surface area contributed by atoms with Crippen LogP contribution < -0.4 is 5.32 Å². The van der Waals surface area contributed by atoms with Crippen molar-refractivity contribution in [2.24, 2.45) is 0 Å². The van der Waals surface area contributed by atoms with Crippen molar-refractivity contribution >= 4 is 22.6 Å². The molecule has 1 N–H and O–H groups in total. The van der Waals surface area contributed by atoms with Gasteiger partial charge in [0.05, 0.1) is 6.04 Å². The van der Waals surface area contributed by atoms with E-state index in [0.717, 1.165) is 24.1 Å². The van der Waals surface area contributed by atoms with E-state index in [9.17, 15) is 4.39 Å². The molecule has 0 aromatic heterocycles. The van der Waals surface area contributed by atoms with Gasteiger partial charge in [-0.25, -0.2) is 4.39 Å². The summed E-state index contributed by atoms with van der Waals surface area (Å²) in [4.78, 5) is 0. The molecule has 0 bridgehead atoms. The average molecular weight is 383 g/mol. The second-order valence-electron chi connectivity index (χ2n) is 4.94. The van der Waals surface area contributed by atoms with Crippen LogP contribution in [0.1, 0.15) is 36.1 Å². The molecular weight excluding hydrogens is 364 g/mol. The quantitative estimate of drug-likeness (QED) is 0.730. The second-order valence-corrected chi connectivity index (χ2v) is 6.19. The molecular formula is C17H19FIN. The van der Waals surface area contributed by atoms with Crippen molar-refractivity contribution in [2.45, 2.75) is 26.3 Å². The molecule has 3 heteroatoms. The molecule has 2 aromatic rings. The Morgan fingerprint density at radius 3 is 2.50 bits per heavy atom. The Hall–Kier alpha value is -0.940. The van der Waals surface area contributed by atoms with Gasteiger partial charge in [0.1, 0.15) is 5.82 Å². The van der Waals surface area contributed by atoms with E-state index >= 15 is 0 Å². The van der Waals surface area contributed by atoms with Crippen molar-refractivity contribution in [1.29, 1.82) is 0 Å². The van der Waals surface area contributed by atoms with Crippen LogP contribution in [0, 0.1) is 16.3 Å². The SMILES string of the molecule is CCCNC(c1ccc(I)cc1)c1cc(F)ccc1C. The summed E-state index contributed by atoms with van der Waals surface area (Å²) in [5, 5.41) is 3.52. The molecule has 1 unspecified atom stereocenters. The highest BCUT2D eigenvalue weighted by molar-refractivity contribution is 14.1. The van der Waals surface area contributed by atoms with Gasteiger partial charge in [-0.05, 0) is 83.4 Å². The van der Waals surface area contributed by atoms with Crippen LogP contribution >= 0.6 is 22.6 Å². The van der Waals surface area contributed by atoms with Crippen LogP contribution in [0.2, 0.25) is 0 Å². The summed E-state index contributed by atoms with van der Waals surface area (Å²) >= 11 is 2.29. The van der Waals surface area contributed by atoms with Gasteiger partial charge in [-0.3, -0.25) is 0 Å². The van der Waals surface area contributed by atoms with E-state index in [2.05, 4.69) is 59.1 Å². The van der Waals surface area contributed by atoms with Crippen LogP contribution in [-0.2, 0) is 0 Å². The standard InChI is InChI=1S/C17H19FIN/c1-3-10-20-17(13-5-8-15(19)9-6-13)16-11-14(18)7-4-12(16)2/h4-9,11,17,20H,3,10H2,1-2H3. The van der Waals surface area contributed by atoms with Gasteiger partial charge in [-0.2, -0.15) is 0 Å². The maximum Gasteiger partial charge on any atom is 0.123 e. The fourth-order valence-electron chi connectivity index (χ4n) is 2.27. The Morgan fingerprint density at radius 2 is 1.85 bits per heavy atom. The molecule has 0 spiro atoms. The van der Waals surface area contributed by atoms with Crippen LogP contribution in [0.15, 0.2) is 42.5 Å². The predicted molar refractivity (Wildman–Crippen MR) is 90.4 cm³/mol. The minimum Gasteiger partial charge on any atom is -0.306 e. The van der Waals surface area contributed by atoms with Gasteiger partial charge in [0.25, 0.3) is 0 Å². The summed E-state index contributed by atoms with van der Waals surface area (Å²) in [5.41, 5.74) is 3.30. The van der Waals surface area contributed by atoms with Gasteiger partial charge in [-0.1, -0.05) is 25.1 Å². The van der Waals surface area contributed by atoms with E-state index in [1.54, 1.807) is 6.07 Å². The maximum atomic E-state index is 13.6. The Bertz CT molecular complexity index is 566. The molecule has 106 valence electrons. The summed E-state index contributed by atoms with van der Waals surface area (Å²) in [6, 6.07) is 13.4. The number of halogens is 2. The van der Waals surface area contributed by atoms with Gasteiger partial charge in [0.15, 0.2) is 0 Å². The summed E-state index contributed by atoms with van der Waals surface area (Å²) in [5.74, 6) is -0.181. The number of rotatable bonds is 5. The third kappa shape index (κ3) is 3.79. The minimum atomic E-state index is -0.181. The van der Waals surface area contributed by atoms with Crippen molar-refractivity contribution in [1.82, 2.24) is 5.32 Å². The molecule has 0 aliphatic heterocycles. The summed E-state index contributed by atoms with van der Waals surface area (Å²) < 4.78 is 14.8. The van der Waals surface area contributed by atoms with Crippen molar-refractivity contribution in [3.63, 3.8) is 0 Å².